The van der Waals surface area contributed by atoms with E-state index in [9.17, 15) is 29.4 Å². The van der Waals surface area contributed by atoms with Crippen LogP contribution >= 0.6 is 0 Å². The molecule has 248 valence electrons. The van der Waals surface area contributed by atoms with Gasteiger partial charge in [0.15, 0.2) is 0 Å². The minimum atomic E-state index is -1.13. The third kappa shape index (κ3) is 10.8. The Morgan fingerprint density at radius 1 is 0.553 bits per heavy atom. The van der Waals surface area contributed by atoms with Gasteiger partial charge in [0.05, 0.1) is 0 Å². The van der Waals surface area contributed by atoms with E-state index in [2.05, 4.69) is 0 Å². The maximum Gasteiger partial charge on any atom is 2.00 e. The number of fused-ring (bicyclic) bond motifs is 2. The molecule has 2 amide bonds. The normalized spacial score (nSPS) is 24.4. The average Bonchev–Trinajstić information content (AvgIpc) is 3.70. The molecular weight excluding hydrogens is 621 g/mol. The number of aliphatic carboxylic acids is 2. The van der Waals surface area contributed by atoms with Gasteiger partial charge in [-0.3, -0.25) is 9.59 Å². The molecule has 2 saturated heterocycles. The zero-order valence-electron chi connectivity index (χ0n) is 27.6. The summed E-state index contributed by atoms with van der Waals surface area (Å²) in [5.74, 6) is -1.27. The molecule has 0 N–H and O–H groups in total. The van der Waals surface area contributed by atoms with Gasteiger partial charge in [-0.25, -0.2) is 0 Å². The Morgan fingerprint density at radius 2 is 0.851 bits per heavy atom. The Hall–Kier alpha value is -2.42. The zero-order valence-corrected chi connectivity index (χ0v) is 29.8. The number of carboxylic acids is 2. The van der Waals surface area contributed by atoms with Crippen LogP contribution in [-0.4, -0.2) is 97.5 Å². The first-order chi connectivity index (χ1) is 22.3. The van der Waals surface area contributed by atoms with Crippen molar-refractivity contribution in [1.82, 2.24) is 9.80 Å². The van der Waals surface area contributed by atoms with Crippen molar-refractivity contribution in [2.24, 2.45) is 35.5 Å². The van der Waals surface area contributed by atoms with Crippen molar-refractivity contribution in [2.45, 2.75) is 77.0 Å². The second-order valence-electron chi connectivity index (χ2n) is 14.0. The van der Waals surface area contributed by atoms with Crippen molar-refractivity contribution in [1.29, 1.82) is 0 Å². The number of carbonyl (C=O) groups excluding carboxylic acids is 4. The number of carboxylic acid groups (broad SMARTS) is 2. The van der Waals surface area contributed by atoms with E-state index in [1.54, 1.807) is 0 Å². The van der Waals surface area contributed by atoms with E-state index in [1.807, 2.05) is 70.5 Å². The summed E-state index contributed by atoms with van der Waals surface area (Å²) in [7, 11) is 0. The van der Waals surface area contributed by atoms with Crippen LogP contribution in [0, 0.1) is 35.5 Å². The van der Waals surface area contributed by atoms with E-state index in [4.69, 9.17) is 0 Å². The zero-order chi connectivity index (χ0) is 32.5. The molecule has 9 heteroatoms. The van der Waals surface area contributed by atoms with Gasteiger partial charge in [-0.2, -0.15) is 0 Å². The van der Waals surface area contributed by atoms with Crippen LogP contribution in [0.2, 0.25) is 0 Å². The Kier molecular flexibility index (Phi) is 14.6. The fourth-order valence-electron chi connectivity index (χ4n) is 8.17. The quantitative estimate of drug-likeness (QED) is 0.359. The predicted octanol–water partition coefficient (Wildman–Crippen LogP) is 2.89. The third-order valence-corrected chi connectivity index (χ3v) is 10.8. The SMILES string of the molecule is O=C([O-])[C@H](CC(=O)N1C[C@H]2CCCC[C@H]2C1)Cc1ccccc1.O=C([O-])[C@H](CC(=O)N1C[C@H]2CCCC[C@H]2C1)Cc1ccccc1.[Ca+2]. The number of likely N-dealkylation sites (tertiary alicyclic amines) is 2. The predicted molar refractivity (Wildman–Crippen MR) is 176 cm³/mol. The maximum atomic E-state index is 12.5. The first-order valence-electron chi connectivity index (χ1n) is 17.3. The average molecular weight is 669 g/mol. The molecular formula is C38H48CaN2O6. The summed E-state index contributed by atoms with van der Waals surface area (Å²) in [6.45, 7) is 3.26. The van der Waals surface area contributed by atoms with Gasteiger partial charge in [0.1, 0.15) is 0 Å². The number of hydrogen-bond acceptors (Lipinski definition) is 6. The molecule has 0 spiro atoms. The van der Waals surface area contributed by atoms with Gasteiger partial charge >= 0.3 is 37.7 Å². The summed E-state index contributed by atoms with van der Waals surface area (Å²) < 4.78 is 0. The number of rotatable bonds is 10. The van der Waals surface area contributed by atoms with E-state index in [0.29, 0.717) is 36.5 Å². The number of hydrogen-bond donors (Lipinski definition) is 0. The third-order valence-electron chi connectivity index (χ3n) is 10.8. The first-order valence-corrected chi connectivity index (χ1v) is 17.3. The van der Waals surface area contributed by atoms with Gasteiger partial charge in [-0.1, -0.05) is 86.3 Å². The van der Waals surface area contributed by atoms with Crippen molar-refractivity contribution in [3.8, 4) is 0 Å². The van der Waals surface area contributed by atoms with Crippen molar-refractivity contribution in [3.63, 3.8) is 0 Å². The minimum Gasteiger partial charge on any atom is -0.550 e. The van der Waals surface area contributed by atoms with Crippen molar-refractivity contribution in [3.05, 3.63) is 71.8 Å². The van der Waals surface area contributed by atoms with Crippen LogP contribution in [0.3, 0.4) is 0 Å². The van der Waals surface area contributed by atoms with Gasteiger partial charge in [-0.05, 0) is 73.3 Å². The monoisotopic (exact) mass is 668 g/mol. The number of nitrogens with zero attached hydrogens (tertiary/aromatic N) is 2. The van der Waals surface area contributed by atoms with Gasteiger partial charge in [0.2, 0.25) is 11.8 Å². The number of benzene rings is 2. The Labute approximate surface area is 309 Å². The largest absolute Gasteiger partial charge is 2.00 e. The van der Waals surface area contributed by atoms with E-state index in [1.165, 1.54) is 51.4 Å². The molecule has 4 fully saturated rings. The standard InChI is InChI=1S/2C19H25NO3.Ca/c2*21-18(20-12-15-8-4-5-9-16(15)13-20)11-17(19(22)23)10-14-6-2-1-3-7-14;/h2*1-3,6-7,15-17H,4-5,8-13H2,(H,22,23);/q;;+2/p-2/t2*15-,16+,17-;/m00./s1. The molecule has 6 rings (SSSR count). The van der Waals surface area contributed by atoms with Crippen molar-refractivity contribution < 1.29 is 29.4 Å². The van der Waals surface area contributed by atoms with E-state index in [-0.39, 0.29) is 62.4 Å². The molecule has 2 aromatic rings. The molecule has 0 aromatic heterocycles. The Bertz CT molecular complexity index is 1190. The fraction of sp³-hybridized carbons (Fsp3) is 0.579. The van der Waals surface area contributed by atoms with E-state index in [0.717, 1.165) is 37.3 Å². The molecule has 2 heterocycles. The molecule has 2 aromatic carbocycles. The summed E-state index contributed by atoms with van der Waals surface area (Å²) in [4.78, 5) is 51.7. The maximum absolute atomic E-state index is 12.5. The first kappa shape index (κ1) is 37.4. The molecule has 2 saturated carbocycles. The minimum absolute atomic E-state index is 0. The smallest absolute Gasteiger partial charge is 0.550 e. The molecule has 47 heavy (non-hydrogen) atoms. The van der Waals surface area contributed by atoms with Gasteiger partial charge in [0, 0.05) is 62.8 Å². The van der Waals surface area contributed by atoms with Crippen LogP contribution < -0.4 is 10.2 Å². The second-order valence-corrected chi connectivity index (χ2v) is 14.0. The molecule has 0 bridgehead atoms. The fourth-order valence-corrected chi connectivity index (χ4v) is 8.17. The van der Waals surface area contributed by atoms with Crippen LogP contribution in [0.4, 0.5) is 0 Å². The topological polar surface area (TPSA) is 121 Å². The summed E-state index contributed by atoms with van der Waals surface area (Å²) in [5.41, 5.74) is 1.87. The van der Waals surface area contributed by atoms with Gasteiger partial charge < -0.3 is 29.6 Å². The second kappa shape index (κ2) is 18.4. The number of amides is 2. The molecule has 2 aliphatic heterocycles. The molecule has 8 nitrogen and oxygen atoms in total. The van der Waals surface area contributed by atoms with E-state index >= 15 is 0 Å². The molecule has 2 aliphatic carbocycles. The van der Waals surface area contributed by atoms with Crippen LogP contribution in [0.15, 0.2) is 60.7 Å². The molecule has 0 radical (unpaired) electrons. The summed E-state index contributed by atoms with van der Waals surface area (Å²) >= 11 is 0. The van der Waals surface area contributed by atoms with Crippen molar-refractivity contribution in [2.75, 3.05) is 26.2 Å². The summed E-state index contributed by atoms with van der Waals surface area (Å²) in [5, 5.41) is 22.8. The van der Waals surface area contributed by atoms with Crippen molar-refractivity contribution >= 4 is 61.5 Å². The summed E-state index contributed by atoms with van der Waals surface area (Å²) in [6, 6.07) is 18.9. The van der Waals surface area contributed by atoms with E-state index < -0.39 is 23.8 Å². The van der Waals surface area contributed by atoms with Gasteiger partial charge in [-0.15, -0.1) is 0 Å². The van der Waals surface area contributed by atoms with Crippen LogP contribution in [0.5, 0.6) is 0 Å². The molecule has 6 atom stereocenters. The Morgan fingerprint density at radius 3 is 1.13 bits per heavy atom. The van der Waals surface area contributed by atoms with Crippen LogP contribution in [-0.2, 0) is 32.0 Å². The number of carbonyl (C=O) groups is 4. The van der Waals surface area contributed by atoms with Gasteiger partial charge in [0.25, 0.3) is 0 Å². The molecule has 0 unspecified atom stereocenters. The van der Waals surface area contributed by atoms with Crippen LogP contribution in [0.1, 0.15) is 75.3 Å². The summed E-state index contributed by atoms with van der Waals surface area (Å²) in [6.07, 6.45) is 10.7. The molecule has 4 aliphatic rings. The van der Waals surface area contributed by atoms with Crippen LogP contribution in [0.25, 0.3) is 0 Å². The Balaban J connectivity index is 0.000000208.